The first-order valence-electron chi connectivity index (χ1n) is 7.96. The van der Waals surface area contributed by atoms with Crippen molar-refractivity contribution in [1.29, 1.82) is 0 Å². The predicted molar refractivity (Wildman–Crippen MR) is 92.2 cm³/mol. The molecule has 0 saturated carbocycles. The van der Waals surface area contributed by atoms with E-state index in [1.807, 2.05) is 0 Å². The van der Waals surface area contributed by atoms with Gasteiger partial charge in [0, 0.05) is 37.7 Å². The predicted octanol–water partition coefficient (Wildman–Crippen LogP) is 2.86. The number of ether oxygens (including phenoxy) is 1. The number of benzene rings is 1. The van der Waals surface area contributed by atoms with Gasteiger partial charge < -0.3 is 10.1 Å². The summed E-state index contributed by atoms with van der Waals surface area (Å²) in [5.41, 5.74) is 1.29. The summed E-state index contributed by atoms with van der Waals surface area (Å²) < 4.78 is 5.90. The highest BCUT2D eigenvalue weighted by Crippen LogP contribution is 2.14. The topological polar surface area (TPSA) is 24.5 Å². The maximum Gasteiger partial charge on any atom is 0.119 e. The minimum Gasteiger partial charge on any atom is -0.492 e. The van der Waals surface area contributed by atoms with Crippen molar-refractivity contribution in [2.45, 2.75) is 20.4 Å². The molecule has 0 spiro atoms. The number of nitrogens with zero attached hydrogens (tertiary/aromatic N) is 1. The van der Waals surface area contributed by atoms with Crippen molar-refractivity contribution in [3.05, 3.63) is 29.8 Å². The minimum atomic E-state index is 0.687. The molecule has 0 unspecified atom stereocenters. The van der Waals surface area contributed by atoms with Crippen LogP contribution in [0.3, 0.4) is 0 Å². The van der Waals surface area contributed by atoms with Crippen molar-refractivity contribution in [1.82, 2.24) is 10.2 Å². The molecule has 0 aromatic heterocycles. The van der Waals surface area contributed by atoms with Gasteiger partial charge in [0.1, 0.15) is 12.4 Å². The molecule has 21 heavy (non-hydrogen) atoms. The van der Waals surface area contributed by atoms with Gasteiger partial charge in [-0.2, -0.15) is 11.8 Å². The highest BCUT2D eigenvalue weighted by Gasteiger charge is 2.09. The summed E-state index contributed by atoms with van der Waals surface area (Å²) in [4.78, 5) is 2.49. The Morgan fingerprint density at radius 1 is 1.29 bits per heavy atom. The third kappa shape index (κ3) is 6.72. The second-order valence-electron chi connectivity index (χ2n) is 5.97. The normalized spacial score (nSPS) is 16.3. The van der Waals surface area contributed by atoms with Crippen molar-refractivity contribution in [2.75, 3.05) is 44.3 Å². The van der Waals surface area contributed by atoms with Crippen LogP contribution < -0.4 is 10.1 Å². The lowest BCUT2D eigenvalue weighted by atomic mass is 10.2. The lowest BCUT2D eigenvalue weighted by molar-refractivity contribution is 0.222. The van der Waals surface area contributed by atoms with Gasteiger partial charge in [0.05, 0.1) is 0 Å². The SMILES string of the molecule is CC(C)CNCc1cccc(OCCN2CCSCC2)c1. The zero-order chi connectivity index (χ0) is 14.9. The quantitative estimate of drug-likeness (QED) is 0.798. The number of rotatable bonds is 8. The fourth-order valence-corrected chi connectivity index (χ4v) is 3.35. The second-order valence-corrected chi connectivity index (χ2v) is 7.20. The molecule has 0 bridgehead atoms. The molecule has 1 N–H and O–H groups in total. The van der Waals surface area contributed by atoms with E-state index in [0.717, 1.165) is 32.0 Å². The molecule has 1 saturated heterocycles. The highest BCUT2D eigenvalue weighted by atomic mass is 32.2. The molecule has 3 nitrogen and oxygen atoms in total. The molecule has 1 aliphatic heterocycles. The van der Waals surface area contributed by atoms with E-state index in [1.165, 1.54) is 30.2 Å². The van der Waals surface area contributed by atoms with Crippen LogP contribution in [-0.4, -0.2) is 49.2 Å². The van der Waals surface area contributed by atoms with Gasteiger partial charge in [0.2, 0.25) is 0 Å². The van der Waals surface area contributed by atoms with Crippen molar-refractivity contribution < 1.29 is 4.74 Å². The van der Waals surface area contributed by atoms with Gasteiger partial charge in [-0.3, -0.25) is 4.90 Å². The number of nitrogens with one attached hydrogen (secondary N) is 1. The first-order chi connectivity index (χ1) is 10.2. The van der Waals surface area contributed by atoms with E-state index < -0.39 is 0 Å². The Morgan fingerprint density at radius 3 is 2.86 bits per heavy atom. The van der Waals surface area contributed by atoms with Crippen LogP contribution in [0.1, 0.15) is 19.4 Å². The molecule has 1 aromatic rings. The maximum absolute atomic E-state index is 5.90. The van der Waals surface area contributed by atoms with Crippen LogP contribution in [0.25, 0.3) is 0 Å². The van der Waals surface area contributed by atoms with Crippen LogP contribution in [0, 0.1) is 5.92 Å². The summed E-state index contributed by atoms with van der Waals surface area (Å²) in [5.74, 6) is 4.20. The average Bonchev–Trinajstić information content (AvgIpc) is 2.48. The van der Waals surface area contributed by atoms with Crippen LogP contribution in [0.4, 0.5) is 0 Å². The van der Waals surface area contributed by atoms with Gasteiger partial charge in [-0.25, -0.2) is 0 Å². The Labute approximate surface area is 133 Å². The largest absolute Gasteiger partial charge is 0.492 e. The monoisotopic (exact) mass is 308 g/mol. The van der Waals surface area contributed by atoms with Crippen LogP contribution in [0.2, 0.25) is 0 Å². The highest BCUT2D eigenvalue weighted by molar-refractivity contribution is 7.99. The molecule has 0 radical (unpaired) electrons. The third-order valence-corrected chi connectivity index (χ3v) is 4.50. The fourth-order valence-electron chi connectivity index (χ4n) is 2.37. The van der Waals surface area contributed by atoms with Gasteiger partial charge in [0.25, 0.3) is 0 Å². The van der Waals surface area contributed by atoms with E-state index in [9.17, 15) is 0 Å². The first kappa shape index (κ1) is 16.7. The summed E-state index contributed by atoms with van der Waals surface area (Å²) in [6.45, 7) is 10.7. The van der Waals surface area contributed by atoms with Crippen molar-refractivity contribution in [2.24, 2.45) is 5.92 Å². The average molecular weight is 308 g/mol. The summed E-state index contributed by atoms with van der Waals surface area (Å²) in [5, 5.41) is 3.47. The summed E-state index contributed by atoms with van der Waals surface area (Å²) in [6.07, 6.45) is 0. The Balaban J connectivity index is 1.70. The summed E-state index contributed by atoms with van der Waals surface area (Å²) in [7, 11) is 0. The standard InChI is InChI=1S/C17H28N2OS/c1-15(2)13-18-14-16-4-3-5-17(12-16)20-9-6-19-7-10-21-11-8-19/h3-5,12,15,18H,6-11,13-14H2,1-2H3. The zero-order valence-corrected chi connectivity index (χ0v) is 14.1. The summed E-state index contributed by atoms with van der Waals surface area (Å²) >= 11 is 2.05. The van der Waals surface area contributed by atoms with Crippen LogP contribution >= 0.6 is 11.8 Å². The van der Waals surface area contributed by atoms with Crippen LogP contribution in [0.5, 0.6) is 5.75 Å². The number of hydrogen-bond donors (Lipinski definition) is 1. The third-order valence-electron chi connectivity index (χ3n) is 3.56. The molecule has 0 amide bonds. The zero-order valence-electron chi connectivity index (χ0n) is 13.3. The molecule has 0 aliphatic carbocycles. The molecule has 1 aromatic carbocycles. The van der Waals surface area contributed by atoms with Crippen molar-refractivity contribution >= 4 is 11.8 Å². The molecular formula is C17H28N2OS. The van der Waals surface area contributed by atoms with Crippen molar-refractivity contribution in [3.63, 3.8) is 0 Å². The van der Waals surface area contributed by atoms with Gasteiger partial charge in [-0.05, 0) is 30.2 Å². The van der Waals surface area contributed by atoms with E-state index in [0.29, 0.717) is 5.92 Å². The van der Waals surface area contributed by atoms with Crippen LogP contribution in [-0.2, 0) is 6.54 Å². The van der Waals surface area contributed by atoms with E-state index >= 15 is 0 Å². The molecule has 1 aliphatic rings. The second kappa shape index (κ2) is 9.34. The molecule has 0 atom stereocenters. The molecule has 118 valence electrons. The van der Waals surface area contributed by atoms with Gasteiger partial charge in [-0.15, -0.1) is 0 Å². The Bertz CT molecular complexity index is 406. The summed E-state index contributed by atoms with van der Waals surface area (Å²) in [6, 6.07) is 8.44. The lowest BCUT2D eigenvalue weighted by Gasteiger charge is -2.25. The smallest absolute Gasteiger partial charge is 0.119 e. The molecule has 2 rings (SSSR count). The van der Waals surface area contributed by atoms with Gasteiger partial charge in [0.15, 0.2) is 0 Å². The van der Waals surface area contributed by atoms with Gasteiger partial charge >= 0.3 is 0 Å². The van der Waals surface area contributed by atoms with Gasteiger partial charge in [-0.1, -0.05) is 26.0 Å². The molecule has 1 fully saturated rings. The van der Waals surface area contributed by atoms with E-state index in [-0.39, 0.29) is 0 Å². The first-order valence-corrected chi connectivity index (χ1v) is 9.12. The van der Waals surface area contributed by atoms with Crippen molar-refractivity contribution in [3.8, 4) is 5.75 Å². The van der Waals surface area contributed by atoms with E-state index in [4.69, 9.17) is 4.74 Å². The fraction of sp³-hybridized carbons (Fsp3) is 0.647. The molecular weight excluding hydrogens is 280 g/mol. The lowest BCUT2D eigenvalue weighted by Crippen LogP contribution is -2.35. The number of thioether (sulfide) groups is 1. The van der Waals surface area contributed by atoms with E-state index in [2.05, 4.69) is 60.1 Å². The molecule has 4 heteroatoms. The Kier molecular flexibility index (Phi) is 7.41. The molecule has 1 heterocycles. The number of hydrogen-bond acceptors (Lipinski definition) is 4. The Morgan fingerprint density at radius 2 is 2.10 bits per heavy atom. The Hall–Kier alpha value is -0.710. The van der Waals surface area contributed by atoms with E-state index in [1.54, 1.807) is 0 Å². The van der Waals surface area contributed by atoms with Crippen LogP contribution in [0.15, 0.2) is 24.3 Å². The maximum atomic E-state index is 5.90. The minimum absolute atomic E-state index is 0.687.